The van der Waals surface area contributed by atoms with E-state index in [1.165, 1.54) is 26.2 Å². The summed E-state index contributed by atoms with van der Waals surface area (Å²) in [5, 5.41) is 0. The van der Waals surface area contributed by atoms with Crippen molar-refractivity contribution in [2.45, 2.75) is 59.3 Å². The average Bonchev–Trinajstić information content (AvgIpc) is 2.34. The zero-order valence-electron chi connectivity index (χ0n) is 11.8. The van der Waals surface area contributed by atoms with Gasteiger partial charge in [-0.2, -0.15) is 0 Å². The number of hydrogen-bond acceptors (Lipinski definition) is 3. The minimum Gasteiger partial charge on any atom is -0.457 e. The van der Waals surface area contributed by atoms with Gasteiger partial charge in [0.1, 0.15) is 0 Å². The normalized spacial score (nSPS) is 9.50. The summed E-state index contributed by atoms with van der Waals surface area (Å²) in [7, 11) is 0. The zero-order valence-corrected chi connectivity index (χ0v) is 11.8. The lowest BCUT2D eigenvalue weighted by atomic mass is 10.0. The topological polar surface area (TPSA) is 43.4 Å². The Hall–Kier alpha value is -1.34. The van der Waals surface area contributed by atoms with Crippen LogP contribution < -0.4 is 0 Å². The summed E-state index contributed by atoms with van der Waals surface area (Å²) in [6.07, 6.45) is 8.22. The van der Waals surface area contributed by atoms with Gasteiger partial charge in [-0.15, -0.1) is 5.73 Å². The molecular weight excluding hydrogens is 228 g/mol. The van der Waals surface area contributed by atoms with Gasteiger partial charge >= 0.3 is 5.97 Å². The van der Waals surface area contributed by atoms with E-state index >= 15 is 0 Å². The second kappa shape index (κ2) is 10.8. The quantitative estimate of drug-likeness (QED) is 0.273. The molecule has 0 radical (unpaired) electrons. The molecule has 0 aromatic heterocycles. The highest BCUT2D eigenvalue weighted by atomic mass is 16.5. The van der Waals surface area contributed by atoms with Crippen molar-refractivity contribution in [1.29, 1.82) is 0 Å². The van der Waals surface area contributed by atoms with Crippen molar-refractivity contribution in [2.75, 3.05) is 6.61 Å². The minimum absolute atomic E-state index is 0.140. The lowest BCUT2D eigenvalue weighted by Gasteiger charge is -2.04. The van der Waals surface area contributed by atoms with Crippen molar-refractivity contribution < 1.29 is 14.3 Å². The van der Waals surface area contributed by atoms with Gasteiger partial charge in [0.15, 0.2) is 6.61 Å². The van der Waals surface area contributed by atoms with Crippen molar-refractivity contribution in [3.63, 3.8) is 0 Å². The standard InChI is InChI=1S/C15H24O3/c1-4-6-7-8-9-11-14(10-5-2)15(17)12-18-13(3)16/h5H,4,6-9,11-12H2,1-3H3. The summed E-state index contributed by atoms with van der Waals surface area (Å²) in [5.41, 5.74) is 3.58. The highest BCUT2D eigenvalue weighted by molar-refractivity contribution is 5.96. The molecule has 0 saturated carbocycles. The highest BCUT2D eigenvalue weighted by Crippen LogP contribution is 2.11. The summed E-state index contributed by atoms with van der Waals surface area (Å²) in [6, 6.07) is 0. The fraction of sp³-hybridized carbons (Fsp3) is 0.667. The Morgan fingerprint density at radius 2 is 1.83 bits per heavy atom. The number of unbranched alkanes of at least 4 members (excludes halogenated alkanes) is 4. The Morgan fingerprint density at radius 3 is 2.39 bits per heavy atom. The van der Waals surface area contributed by atoms with Gasteiger partial charge < -0.3 is 4.74 Å². The van der Waals surface area contributed by atoms with Crippen LogP contribution >= 0.6 is 0 Å². The Kier molecular flexibility index (Phi) is 9.99. The van der Waals surface area contributed by atoms with Crippen molar-refractivity contribution in [3.05, 3.63) is 17.4 Å². The van der Waals surface area contributed by atoms with Gasteiger partial charge in [-0.1, -0.05) is 32.6 Å². The van der Waals surface area contributed by atoms with E-state index in [9.17, 15) is 9.59 Å². The predicted octanol–water partition coefficient (Wildman–Crippen LogP) is 3.58. The minimum atomic E-state index is -0.425. The predicted molar refractivity (Wildman–Crippen MR) is 72.3 cm³/mol. The Bertz CT molecular complexity index is 323. The molecule has 0 unspecified atom stereocenters. The van der Waals surface area contributed by atoms with Crippen LogP contribution in [0.2, 0.25) is 0 Å². The van der Waals surface area contributed by atoms with Gasteiger partial charge in [-0.3, -0.25) is 9.59 Å². The molecule has 18 heavy (non-hydrogen) atoms. The van der Waals surface area contributed by atoms with E-state index < -0.39 is 5.97 Å². The molecule has 0 bridgehead atoms. The SMILES string of the molecule is CC=C=C(CCCCCCC)C(=O)COC(C)=O. The Balaban J connectivity index is 4.11. The van der Waals surface area contributed by atoms with Crippen LogP contribution in [0.15, 0.2) is 17.4 Å². The molecule has 0 aliphatic carbocycles. The van der Waals surface area contributed by atoms with Crippen LogP contribution in [0.25, 0.3) is 0 Å². The van der Waals surface area contributed by atoms with E-state index in [1.807, 2.05) is 6.92 Å². The third-order valence-corrected chi connectivity index (χ3v) is 2.59. The van der Waals surface area contributed by atoms with Crippen LogP contribution in [0.3, 0.4) is 0 Å². The summed E-state index contributed by atoms with van der Waals surface area (Å²) < 4.78 is 4.71. The van der Waals surface area contributed by atoms with Gasteiger partial charge in [0.25, 0.3) is 0 Å². The number of carbonyl (C=O) groups excluding carboxylic acids is 2. The first-order valence-corrected chi connectivity index (χ1v) is 6.68. The maximum atomic E-state index is 11.8. The van der Waals surface area contributed by atoms with Crippen LogP contribution in [-0.2, 0) is 14.3 Å². The molecule has 0 aromatic carbocycles. The number of ketones is 1. The van der Waals surface area contributed by atoms with E-state index in [1.54, 1.807) is 6.08 Å². The molecule has 0 aliphatic heterocycles. The maximum absolute atomic E-state index is 11.8. The van der Waals surface area contributed by atoms with Gasteiger partial charge in [0, 0.05) is 12.5 Å². The smallest absolute Gasteiger partial charge is 0.303 e. The van der Waals surface area contributed by atoms with Gasteiger partial charge in [-0.25, -0.2) is 0 Å². The fourth-order valence-corrected chi connectivity index (χ4v) is 1.63. The lowest BCUT2D eigenvalue weighted by Crippen LogP contribution is -2.13. The number of esters is 1. The van der Waals surface area contributed by atoms with E-state index in [4.69, 9.17) is 4.74 Å². The molecule has 3 nitrogen and oxygen atoms in total. The second-order valence-electron chi connectivity index (χ2n) is 4.28. The molecule has 0 heterocycles. The number of carbonyl (C=O) groups is 2. The number of Topliss-reactive ketones (excluding diaryl/α,β-unsaturated/α-hetero) is 1. The van der Waals surface area contributed by atoms with E-state index in [0.29, 0.717) is 12.0 Å². The van der Waals surface area contributed by atoms with Crippen molar-refractivity contribution in [3.8, 4) is 0 Å². The van der Waals surface area contributed by atoms with E-state index in [0.717, 1.165) is 12.8 Å². The number of ether oxygens (including phenoxy) is 1. The molecule has 102 valence electrons. The Morgan fingerprint density at radius 1 is 1.17 bits per heavy atom. The molecule has 0 amide bonds. The van der Waals surface area contributed by atoms with Gasteiger partial charge in [0.2, 0.25) is 5.78 Å². The third kappa shape index (κ3) is 8.77. The first-order chi connectivity index (χ1) is 8.61. The molecule has 0 saturated heterocycles. The van der Waals surface area contributed by atoms with Crippen molar-refractivity contribution >= 4 is 11.8 Å². The molecule has 0 fully saturated rings. The van der Waals surface area contributed by atoms with Crippen LogP contribution in [0, 0.1) is 0 Å². The summed E-state index contributed by atoms with van der Waals surface area (Å²) >= 11 is 0. The highest BCUT2D eigenvalue weighted by Gasteiger charge is 2.10. The van der Waals surface area contributed by atoms with Crippen LogP contribution in [0.4, 0.5) is 0 Å². The fourth-order valence-electron chi connectivity index (χ4n) is 1.63. The molecule has 0 aromatic rings. The van der Waals surface area contributed by atoms with Crippen LogP contribution in [0.1, 0.15) is 59.3 Å². The third-order valence-electron chi connectivity index (χ3n) is 2.59. The first kappa shape index (κ1) is 16.7. The van der Waals surface area contributed by atoms with Crippen molar-refractivity contribution in [1.82, 2.24) is 0 Å². The van der Waals surface area contributed by atoms with E-state index in [2.05, 4.69) is 12.7 Å². The molecular formula is C15H24O3. The number of hydrogen-bond donors (Lipinski definition) is 0. The molecule has 0 aliphatic rings. The van der Waals surface area contributed by atoms with Crippen LogP contribution in [-0.4, -0.2) is 18.4 Å². The maximum Gasteiger partial charge on any atom is 0.303 e. The molecule has 3 heteroatoms. The van der Waals surface area contributed by atoms with E-state index in [-0.39, 0.29) is 12.4 Å². The molecule has 0 rings (SSSR count). The molecule has 0 spiro atoms. The van der Waals surface area contributed by atoms with Gasteiger partial charge in [-0.05, 0) is 25.8 Å². The molecule has 0 N–H and O–H groups in total. The largest absolute Gasteiger partial charge is 0.457 e. The summed E-state index contributed by atoms with van der Waals surface area (Å²) in [5.74, 6) is -0.565. The zero-order chi connectivity index (χ0) is 13.8. The summed E-state index contributed by atoms with van der Waals surface area (Å²) in [4.78, 5) is 22.4. The second-order valence-corrected chi connectivity index (χ2v) is 4.28. The number of rotatable bonds is 9. The van der Waals surface area contributed by atoms with Crippen molar-refractivity contribution in [2.24, 2.45) is 0 Å². The molecule has 0 atom stereocenters. The monoisotopic (exact) mass is 252 g/mol. The van der Waals surface area contributed by atoms with Crippen LogP contribution in [0.5, 0.6) is 0 Å². The lowest BCUT2D eigenvalue weighted by molar-refractivity contribution is -0.144. The van der Waals surface area contributed by atoms with Gasteiger partial charge in [0.05, 0.1) is 0 Å². The summed E-state index contributed by atoms with van der Waals surface area (Å²) in [6.45, 7) is 5.14. The average molecular weight is 252 g/mol. The first-order valence-electron chi connectivity index (χ1n) is 6.68. The Labute approximate surface area is 110 Å².